The average molecular weight is 511 g/mol. The van der Waals surface area contributed by atoms with Gasteiger partial charge in [-0.05, 0) is 56.7 Å². The van der Waals surface area contributed by atoms with Crippen LogP contribution in [-0.2, 0) is 4.79 Å². The molecule has 7 rings (SSSR count). The van der Waals surface area contributed by atoms with E-state index in [0.29, 0.717) is 36.3 Å². The van der Waals surface area contributed by atoms with Crippen molar-refractivity contribution < 1.29 is 9.90 Å². The normalized spacial score (nSPS) is 26.6. The molecule has 0 bridgehead atoms. The van der Waals surface area contributed by atoms with Crippen molar-refractivity contribution in [1.29, 1.82) is 0 Å². The second kappa shape index (κ2) is 8.56. The van der Waals surface area contributed by atoms with Crippen molar-refractivity contribution in [2.75, 3.05) is 16.8 Å². The molecule has 1 unspecified atom stereocenters. The highest BCUT2D eigenvalue weighted by atomic mass is 16.3. The minimum atomic E-state index is -0.900. The van der Waals surface area contributed by atoms with Crippen LogP contribution in [0, 0.1) is 12.8 Å². The molecule has 2 aliphatic carbocycles. The molecule has 1 amide bonds. The van der Waals surface area contributed by atoms with E-state index in [1.54, 1.807) is 12.3 Å². The van der Waals surface area contributed by atoms with Crippen molar-refractivity contribution in [2.45, 2.75) is 63.0 Å². The number of amides is 1. The van der Waals surface area contributed by atoms with Crippen LogP contribution in [0.3, 0.4) is 0 Å². The molecule has 1 saturated heterocycles. The summed E-state index contributed by atoms with van der Waals surface area (Å²) >= 11 is 0. The van der Waals surface area contributed by atoms with E-state index in [2.05, 4.69) is 59.1 Å². The molecule has 0 aromatic carbocycles. The number of aliphatic hydroxyl groups is 1. The first kappa shape index (κ1) is 23.2. The number of aromatic nitrogens is 6. The number of hydrogen-bond donors (Lipinski definition) is 2. The van der Waals surface area contributed by atoms with Crippen LogP contribution in [0.2, 0.25) is 0 Å². The third kappa shape index (κ3) is 4.38. The summed E-state index contributed by atoms with van der Waals surface area (Å²) in [5.74, 6) is 2.22. The summed E-state index contributed by atoms with van der Waals surface area (Å²) in [7, 11) is 0. The van der Waals surface area contributed by atoms with Crippen molar-refractivity contribution in [3.8, 4) is 0 Å². The monoisotopic (exact) mass is 510 g/mol. The van der Waals surface area contributed by atoms with Crippen LogP contribution in [0.4, 0.5) is 11.6 Å². The maximum Gasteiger partial charge on any atom is 0.229 e. The number of carbonyl (C=O) groups excluding carboxylic acids is 1. The van der Waals surface area contributed by atoms with Crippen LogP contribution >= 0.6 is 0 Å². The Kier molecular flexibility index (Phi) is 5.23. The molecule has 3 fully saturated rings. The van der Waals surface area contributed by atoms with Crippen LogP contribution in [0.15, 0.2) is 49.2 Å². The number of carbonyl (C=O) groups is 1. The summed E-state index contributed by atoms with van der Waals surface area (Å²) in [6.45, 7) is 4.16. The number of fused-ring (bicyclic) bond motifs is 1. The van der Waals surface area contributed by atoms with E-state index in [9.17, 15) is 9.90 Å². The Balaban J connectivity index is 1.11. The van der Waals surface area contributed by atoms with Crippen molar-refractivity contribution >= 4 is 23.2 Å². The zero-order chi connectivity index (χ0) is 26.0. The quantitative estimate of drug-likeness (QED) is 0.404. The van der Waals surface area contributed by atoms with E-state index in [0.717, 1.165) is 23.5 Å². The van der Waals surface area contributed by atoms with Crippen molar-refractivity contribution in [2.24, 2.45) is 5.92 Å². The van der Waals surface area contributed by atoms with E-state index in [1.165, 1.54) is 24.7 Å². The highest BCUT2D eigenvalue weighted by Crippen LogP contribution is 2.47. The SMILES string of the molecule is Cc1ccnc([C@H]2C[C@@H]2C(=O)Nc2cc(N3CC(C)(O)C[C@@H]3c3cn4cc(C5CC5)ccc4n3)ncn2)n1. The Morgan fingerprint density at radius 3 is 2.82 bits per heavy atom. The van der Waals surface area contributed by atoms with Gasteiger partial charge in [0.05, 0.1) is 17.3 Å². The van der Waals surface area contributed by atoms with Crippen LogP contribution in [-0.4, -0.2) is 52.5 Å². The van der Waals surface area contributed by atoms with E-state index < -0.39 is 5.60 Å². The first-order chi connectivity index (χ1) is 18.3. The van der Waals surface area contributed by atoms with Gasteiger partial charge in [-0.3, -0.25) is 4.79 Å². The van der Waals surface area contributed by atoms with E-state index in [4.69, 9.17) is 4.98 Å². The molecule has 38 heavy (non-hydrogen) atoms. The Labute approximate surface area is 220 Å². The molecule has 10 nitrogen and oxygen atoms in total. The third-order valence-electron chi connectivity index (χ3n) is 7.87. The number of nitrogens with zero attached hydrogens (tertiary/aromatic N) is 7. The van der Waals surface area contributed by atoms with E-state index in [-0.39, 0.29) is 23.8 Å². The van der Waals surface area contributed by atoms with E-state index in [1.807, 2.05) is 19.9 Å². The van der Waals surface area contributed by atoms with Crippen LogP contribution < -0.4 is 10.2 Å². The molecule has 4 aromatic heterocycles. The van der Waals surface area contributed by atoms with Crippen LogP contribution in [0.5, 0.6) is 0 Å². The summed E-state index contributed by atoms with van der Waals surface area (Å²) in [6.07, 6.45) is 11.2. The summed E-state index contributed by atoms with van der Waals surface area (Å²) in [5, 5.41) is 14.0. The molecule has 5 heterocycles. The fourth-order valence-corrected chi connectivity index (χ4v) is 5.63. The lowest BCUT2D eigenvalue weighted by Crippen LogP contribution is -2.30. The Bertz CT molecular complexity index is 1540. The molecule has 1 aliphatic heterocycles. The van der Waals surface area contributed by atoms with Crippen LogP contribution in [0.25, 0.3) is 5.65 Å². The number of imidazole rings is 1. The molecule has 194 valence electrons. The van der Waals surface area contributed by atoms with Gasteiger partial charge in [0.2, 0.25) is 5.91 Å². The number of rotatable bonds is 6. The van der Waals surface area contributed by atoms with Gasteiger partial charge < -0.3 is 19.7 Å². The summed E-state index contributed by atoms with van der Waals surface area (Å²) < 4.78 is 2.09. The highest BCUT2D eigenvalue weighted by Gasteiger charge is 2.46. The number of pyridine rings is 1. The third-order valence-corrected chi connectivity index (χ3v) is 7.87. The molecule has 4 atom stereocenters. The van der Waals surface area contributed by atoms with Crippen molar-refractivity contribution in [3.05, 3.63) is 72.0 Å². The van der Waals surface area contributed by atoms with Crippen molar-refractivity contribution in [3.63, 3.8) is 0 Å². The maximum atomic E-state index is 13.0. The lowest BCUT2D eigenvalue weighted by atomic mass is 10.0. The predicted molar refractivity (Wildman–Crippen MR) is 141 cm³/mol. The minimum Gasteiger partial charge on any atom is -0.388 e. The zero-order valence-electron chi connectivity index (χ0n) is 21.4. The Morgan fingerprint density at radius 2 is 2.00 bits per heavy atom. The maximum absolute atomic E-state index is 13.0. The van der Waals surface area contributed by atoms with Gasteiger partial charge in [0.1, 0.15) is 29.4 Å². The summed E-state index contributed by atoms with van der Waals surface area (Å²) in [4.78, 5) is 37.5. The number of anilines is 2. The van der Waals surface area contributed by atoms with Gasteiger partial charge in [0.15, 0.2) is 0 Å². The summed E-state index contributed by atoms with van der Waals surface area (Å²) in [5.41, 5.74) is 3.12. The summed E-state index contributed by atoms with van der Waals surface area (Å²) in [6, 6.07) is 7.71. The lowest BCUT2D eigenvalue weighted by molar-refractivity contribution is -0.117. The predicted octanol–water partition coefficient (Wildman–Crippen LogP) is 3.54. The number of hydrogen-bond acceptors (Lipinski definition) is 8. The fraction of sp³-hybridized carbons (Fsp3) is 0.429. The number of β-amino-alcohol motifs (C(OH)–C–C–N with tert-alkyl or cyclic N) is 1. The Morgan fingerprint density at radius 1 is 1.13 bits per heavy atom. The zero-order valence-corrected chi connectivity index (χ0v) is 21.4. The average Bonchev–Trinajstić information content (AvgIpc) is 3.81. The highest BCUT2D eigenvalue weighted by molar-refractivity contribution is 5.94. The molecule has 2 saturated carbocycles. The molecular weight excluding hydrogens is 480 g/mol. The largest absolute Gasteiger partial charge is 0.388 e. The van der Waals surface area contributed by atoms with Gasteiger partial charge in [0.25, 0.3) is 0 Å². The number of nitrogens with one attached hydrogen (secondary N) is 1. The molecule has 0 radical (unpaired) electrons. The number of aryl methyl sites for hydroxylation is 1. The molecule has 10 heteroatoms. The molecule has 2 N–H and O–H groups in total. The molecule has 3 aliphatic rings. The van der Waals surface area contributed by atoms with Gasteiger partial charge in [-0.15, -0.1) is 0 Å². The van der Waals surface area contributed by atoms with Crippen molar-refractivity contribution in [1.82, 2.24) is 29.3 Å². The Hall–Kier alpha value is -3.92. The molecule has 4 aromatic rings. The topological polar surface area (TPSA) is 121 Å². The lowest BCUT2D eigenvalue weighted by Gasteiger charge is -2.24. The molecular formula is C28H30N8O2. The van der Waals surface area contributed by atoms with Gasteiger partial charge in [-0.2, -0.15) is 0 Å². The van der Waals surface area contributed by atoms with Gasteiger partial charge in [-0.1, -0.05) is 6.07 Å². The first-order valence-corrected chi connectivity index (χ1v) is 13.2. The standard InChI is InChI=1S/C28H30N8O2/c1-16-7-8-29-26(32-16)19-9-20(19)27(37)34-23-10-25(31-15-30-23)36-14-28(2,38)11-22(36)21-13-35-12-18(17-3-4-17)5-6-24(35)33-21/h5-8,10,12-13,15,17,19-20,22,38H,3-4,9,11,14H2,1-2H3,(H,30,31,34,37)/t19-,20-,22+,28?/m0/s1. The second-order valence-corrected chi connectivity index (χ2v) is 11.3. The van der Waals surface area contributed by atoms with Crippen LogP contribution in [0.1, 0.15) is 73.3 Å². The van der Waals surface area contributed by atoms with Gasteiger partial charge >= 0.3 is 0 Å². The van der Waals surface area contributed by atoms with Gasteiger partial charge in [-0.25, -0.2) is 24.9 Å². The van der Waals surface area contributed by atoms with E-state index >= 15 is 0 Å². The fourth-order valence-electron chi connectivity index (χ4n) is 5.63. The first-order valence-electron chi connectivity index (χ1n) is 13.2. The second-order valence-electron chi connectivity index (χ2n) is 11.3. The minimum absolute atomic E-state index is 0.0322. The van der Waals surface area contributed by atoms with Gasteiger partial charge in [0, 0.05) is 55.2 Å². The smallest absolute Gasteiger partial charge is 0.229 e. The molecule has 0 spiro atoms.